The second-order valence-corrected chi connectivity index (χ2v) is 6.83. The molecular weight excluding hydrogens is 375 g/mol. The number of nitriles is 1. The summed E-state index contributed by atoms with van der Waals surface area (Å²) in [4.78, 5) is 18.6. The second kappa shape index (κ2) is 8.19. The number of rotatable bonds is 5. The number of oxazole rings is 1. The number of nitrogens with one attached hydrogen (secondary N) is 1. The van der Waals surface area contributed by atoms with Crippen molar-refractivity contribution in [3.63, 3.8) is 0 Å². The summed E-state index contributed by atoms with van der Waals surface area (Å²) in [5.74, 6) is 0.508. The number of carbonyl (C=O) groups excluding carboxylic acids is 1. The van der Waals surface area contributed by atoms with Crippen LogP contribution in [0.3, 0.4) is 0 Å². The van der Waals surface area contributed by atoms with E-state index in [9.17, 15) is 14.4 Å². The lowest BCUT2D eigenvalue weighted by molar-refractivity contribution is -0.125. The van der Waals surface area contributed by atoms with Gasteiger partial charge in [0.2, 0.25) is 17.5 Å². The van der Waals surface area contributed by atoms with Crippen molar-refractivity contribution in [2.24, 2.45) is 5.92 Å². The van der Waals surface area contributed by atoms with E-state index in [0.717, 1.165) is 0 Å². The van der Waals surface area contributed by atoms with Crippen LogP contribution in [0.1, 0.15) is 24.1 Å². The fraction of sp³-hybridized carbons (Fsp3) is 0.286. The van der Waals surface area contributed by atoms with Gasteiger partial charge in [0.1, 0.15) is 11.9 Å². The molecule has 1 aliphatic rings. The molecule has 29 heavy (non-hydrogen) atoms. The summed E-state index contributed by atoms with van der Waals surface area (Å²) in [5, 5.41) is 12.2. The zero-order chi connectivity index (χ0) is 20.2. The van der Waals surface area contributed by atoms with Crippen molar-refractivity contribution < 1.29 is 18.0 Å². The van der Waals surface area contributed by atoms with Gasteiger partial charge in [0.05, 0.1) is 6.26 Å². The minimum absolute atomic E-state index is 0.0951. The van der Waals surface area contributed by atoms with Gasteiger partial charge in [-0.2, -0.15) is 10.2 Å². The molecule has 0 aliphatic carbocycles. The van der Waals surface area contributed by atoms with E-state index in [2.05, 4.69) is 10.3 Å². The van der Waals surface area contributed by atoms with Crippen LogP contribution in [0.5, 0.6) is 0 Å². The highest BCUT2D eigenvalue weighted by Crippen LogP contribution is 2.31. The Hall–Kier alpha value is -3.60. The van der Waals surface area contributed by atoms with Gasteiger partial charge >= 0.3 is 0 Å². The smallest absolute Gasteiger partial charge is 0.266 e. The average molecular weight is 394 g/mol. The highest BCUT2D eigenvalue weighted by atomic mass is 19.1. The molecule has 8 heteroatoms. The van der Waals surface area contributed by atoms with E-state index in [4.69, 9.17) is 8.83 Å². The first kappa shape index (κ1) is 18.7. The molecule has 4 rings (SSSR count). The Morgan fingerprint density at radius 2 is 2.07 bits per heavy atom. The van der Waals surface area contributed by atoms with Crippen LogP contribution >= 0.6 is 0 Å². The Labute approximate surface area is 166 Å². The molecule has 0 radical (unpaired) electrons. The number of halogens is 1. The van der Waals surface area contributed by atoms with Gasteiger partial charge in [0, 0.05) is 31.1 Å². The molecule has 2 aromatic heterocycles. The molecule has 1 aliphatic heterocycles. The van der Waals surface area contributed by atoms with E-state index in [0.29, 0.717) is 43.1 Å². The van der Waals surface area contributed by atoms with Crippen LogP contribution in [0.25, 0.3) is 11.7 Å². The third-order valence-corrected chi connectivity index (χ3v) is 5.01. The monoisotopic (exact) mass is 394 g/mol. The SMILES string of the molecule is N#Cc1nc(-c2ccco2)oc1N1CCC(C(=O)NCc2ccccc2F)CC1. The number of nitrogens with zero attached hydrogens (tertiary/aromatic N) is 3. The molecule has 1 fully saturated rings. The van der Waals surface area contributed by atoms with Gasteiger partial charge in [-0.25, -0.2) is 4.39 Å². The van der Waals surface area contributed by atoms with Crippen LogP contribution in [0.15, 0.2) is 51.5 Å². The van der Waals surface area contributed by atoms with E-state index < -0.39 is 0 Å². The third kappa shape index (κ3) is 3.99. The van der Waals surface area contributed by atoms with Gasteiger partial charge in [0.25, 0.3) is 5.89 Å². The quantitative estimate of drug-likeness (QED) is 0.712. The minimum atomic E-state index is -0.329. The van der Waals surface area contributed by atoms with Gasteiger partial charge in [-0.1, -0.05) is 18.2 Å². The number of furan rings is 1. The van der Waals surface area contributed by atoms with E-state index in [-0.39, 0.29) is 35.8 Å². The highest BCUT2D eigenvalue weighted by molar-refractivity contribution is 5.79. The lowest BCUT2D eigenvalue weighted by Gasteiger charge is -2.31. The van der Waals surface area contributed by atoms with Crippen LogP contribution in [-0.2, 0) is 11.3 Å². The first-order valence-electron chi connectivity index (χ1n) is 9.36. The van der Waals surface area contributed by atoms with Crippen molar-refractivity contribution in [2.75, 3.05) is 18.0 Å². The Kier molecular flexibility index (Phi) is 5.29. The number of carbonyl (C=O) groups is 1. The number of aromatic nitrogens is 1. The topological polar surface area (TPSA) is 95.3 Å². The Morgan fingerprint density at radius 3 is 2.76 bits per heavy atom. The maximum atomic E-state index is 13.7. The number of hydrogen-bond acceptors (Lipinski definition) is 6. The number of amides is 1. The van der Waals surface area contributed by atoms with Gasteiger partial charge in [-0.3, -0.25) is 4.79 Å². The third-order valence-electron chi connectivity index (χ3n) is 5.01. The predicted molar refractivity (Wildman–Crippen MR) is 102 cm³/mol. The molecule has 1 saturated heterocycles. The highest BCUT2D eigenvalue weighted by Gasteiger charge is 2.29. The predicted octanol–water partition coefficient (Wildman–Crippen LogP) is 3.48. The Balaban J connectivity index is 1.36. The number of piperidine rings is 1. The van der Waals surface area contributed by atoms with Crippen LogP contribution in [-0.4, -0.2) is 24.0 Å². The molecule has 0 atom stereocenters. The Bertz CT molecular complexity index is 1030. The second-order valence-electron chi connectivity index (χ2n) is 6.83. The van der Waals surface area contributed by atoms with Crippen LogP contribution in [0.4, 0.5) is 10.3 Å². The molecule has 0 unspecified atom stereocenters. The minimum Gasteiger partial charge on any atom is -0.459 e. The molecule has 148 valence electrons. The van der Waals surface area contributed by atoms with E-state index in [1.54, 1.807) is 30.3 Å². The first-order valence-corrected chi connectivity index (χ1v) is 9.36. The average Bonchev–Trinajstić information content (AvgIpc) is 3.42. The molecule has 3 aromatic rings. The fourth-order valence-corrected chi connectivity index (χ4v) is 3.42. The van der Waals surface area contributed by atoms with E-state index >= 15 is 0 Å². The van der Waals surface area contributed by atoms with Crippen LogP contribution in [0, 0.1) is 23.1 Å². The fourth-order valence-electron chi connectivity index (χ4n) is 3.42. The maximum Gasteiger partial charge on any atom is 0.266 e. The summed E-state index contributed by atoms with van der Waals surface area (Å²) in [6.07, 6.45) is 2.71. The Morgan fingerprint density at radius 1 is 1.28 bits per heavy atom. The zero-order valence-electron chi connectivity index (χ0n) is 15.6. The van der Waals surface area contributed by atoms with Crippen molar-refractivity contribution in [3.05, 3.63) is 59.7 Å². The van der Waals surface area contributed by atoms with Crippen LogP contribution < -0.4 is 10.2 Å². The maximum absolute atomic E-state index is 13.7. The molecule has 0 spiro atoms. The van der Waals surface area contributed by atoms with Crippen molar-refractivity contribution in [1.29, 1.82) is 5.26 Å². The zero-order valence-corrected chi connectivity index (χ0v) is 15.6. The molecule has 1 amide bonds. The summed E-state index contributed by atoms with van der Waals surface area (Å²) in [6.45, 7) is 1.28. The standard InChI is InChI=1S/C21H19FN4O3/c22-16-5-2-1-4-15(16)13-24-19(27)14-7-9-26(10-8-14)21-17(12-23)25-20(29-21)18-6-3-11-28-18/h1-6,11,14H,7-10,13H2,(H,24,27). The molecule has 0 saturated carbocycles. The molecule has 1 N–H and O–H groups in total. The van der Waals surface area contributed by atoms with E-state index in [1.165, 1.54) is 12.3 Å². The van der Waals surface area contributed by atoms with Gasteiger partial charge in [-0.05, 0) is 31.0 Å². The van der Waals surface area contributed by atoms with Crippen molar-refractivity contribution in [3.8, 4) is 17.7 Å². The molecule has 1 aromatic carbocycles. The largest absolute Gasteiger partial charge is 0.459 e. The summed E-state index contributed by atoms with van der Waals surface area (Å²) in [5.41, 5.74) is 0.655. The lowest BCUT2D eigenvalue weighted by Crippen LogP contribution is -2.40. The number of benzene rings is 1. The lowest BCUT2D eigenvalue weighted by atomic mass is 9.96. The van der Waals surface area contributed by atoms with Crippen LogP contribution in [0.2, 0.25) is 0 Å². The molecule has 0 bridgehead atoms. The van der Waals surface area contributed by atoms with E-state index in [1.807, 2.05) is 11.0 Å². The van der Waals surface area contributed by atoms with Crippen molar-refractivity contribution in [2.45, 2.75) is 19.4 Å². The molecule has 3 heterocycles. The molecular formula is C21H19FN4O3. The van der Waals surface area contributed by atoms with Gasteiger partial charge in [0.15, 0.2) is 5.76 Å². The normalized spacial score (nSPS) is 14.6. The summed E-state index contributed by atoms with van der Waals surface area (Å²) in [6, 6.07) is 11.9. The number of anilines is 1. The van der Waals surface area contributed by atoms with Gasteiger partial charge < -0.3 is 19.1 Å². The molecule has 7 nitrogen and oxygen atoms in total. The first-order chi connectivity index (χ1) is 14.2. The summed E-state index contributed by atoms with van der Waals surface area (Å²) in [7, 11) is 0. The summed E-state index contributed by atoms with van der Waals surface area (Å²) < 4.78 is 24.7. The summed E-state index contributed by atoms with van der Waals surface area (Å²) >= 11 is 0. The van der Waals surface area contributed by atoms with Crippen molar-refractivity contribution >= 4 is 11.8 Å². The van der Waals surface area contributed by atoms with Gasteiger partial charge in [-0.15, -0.1) is 0 Å². The number of hydrogen-bond donors (Lipinski definition) is 1. The van der Waals surface area contributed by atoms with Crippen molar-refractivity contribution in [1.82, 2.24) is 10.3 Å².